The molecule has 5 heterocycles. The monoisotopic (exact) mass is 432 g/mol. The second kappa shape index (κ2) is 8.03. The maximum Gasteiger partial charge on any atom is 0.233 e. The molecular weight excluding hydrogens is 408 g/mol. The van der Waals surface area contributed by atoms with Gasteiger partial charge in [-0.1, -0.05) is 12.1 Å². The first-order valence-electron chi connectivity index (χ1n) is 10.9. The van der Waals surface area contributed by atoms with Gasteiger partial charge in [-0.25, -0.2) is 0 Å². The summed E-state index contributed by atoms with van der Waals surface area (Å²) in [4.78, 5) is 4.67. The second-order valence-corrected chi connectivity index (χ2v) is 8.46. The number of rotatable bonds is 4. The minimum atomic E-state index is 0.144. The molecule has 0 spiro atoms. The predicted molar refractivity (Wildman–Crippen MR) is 117 cm³/mol. The quantitative estimate of drug-likeness (QED) is 0.673. The average molecular weight is 432 g/mol. The molecule has 1 aromatic carbocycles. The van der Waals surface area contributed by atoms with Crippen LogP contribution in [0.1, 0.15) is 18.4 Å². The smallest absolute Gasteiger partial charge is 0.233 e. The molecule has 3 aromatic rings. The minimum Gasteiger partial charge on any atom is -0.480 e. The zero-order valence-corrected chi connectivity index (χ0v) is 17.8. The van der Waals surface area contributed by atoms with E-state index in [1.54, 1.807) is 13.3 Å². The van der Waals surface area contributed by atoms with Crippen LogP contribution >= 0.6 is 0 Å². The Balaban J connectivity index is 1.23. The maximum atomic E-state index is 6.23. The van der Waals surface area contributed by atoms with Crippen molar-refractivity contribution in [3.05, 3.63) is 48.2 Å². The third kappa shape index (κ3) is 3.65. The lowest BCUT2D eigenvalue weighted by molar-refractivity contribution is -0.0133. The summed E-state index contributed by atoms with van der Waals surface area (Å²) in [6.45, 7) is 1.95. The first-order valence-corrected chi connectivity index (χ1v) is 10.9. The lowest BCUT2D eigenvalue weighted by atomic mass is 9.94. The number of methoxy groups -OCH3 is 1. The largest absolute Gasteiger partial charge is 0.480 e. The van der Waals surface area contributed by atoms with Gasteiger partial charge in [-0.3, -0.25) is 0 Å². The molecule has 0 amide bonds. The molecule has 0 saturated carbocycles. The highest BCUT2D eigenvalue weighted by molar-refractivity contribution is 5.77. The molecule has 8 nitrogen and oxygen atoms in total. The SMILES string of the molecule is COc1cc(-c2ccc3c(c2)COc2nc(OC4CC5COCC(C4)N5)ccc2-3)cnn1. The van der Waals surface area contributed by atoms with Gasteiger partial charge in [-0.15, -0.1) is 5.10 Å². The number of hydrogen-bond acceptors (Lipinski definition) is 8. The van der Waals surface area contributed by atoms with E-state index in [-0.39, 0.29) is 6.10 Å². The first kappa shape index (κ1) is 19.5. The van der Waals surface area contributed by atoms with E-state index in [4.69, 9.17) is 18.9 Å². The molecular formula is C24H24N4O4. The Morgan fingerprint density at radius 3 is 2.66 bits per heavy atom. The topological polar surface area (TPSA) is 87.6 Å². The first-order chi connectivity index (χ1) is 15.7. The summed E-state index contributed by atoms with van der Waals surface area (Å²) in [5.74, 6) is 1.72. The number of nitrogens with one attached hydrogen (secondary N) is 1. The molecule has 2 saturated heterocycles. The summed E-state index contributed by atoms with van der Waals surface area (Å²) >= 11 is 0. The lowest BCUT2D eigenvalue weighted by Gasteiger charge is -2.39. The van der Waals surface area contributed by atoms with Gasteiger partial charge in [-0.05, 0) is 28.8 Å². The van der Waals surface area contributed by atoms with E-state index in [2.05, 4.69) is 38.7 Å². The van der Waals surface area contributed by atoms with E-state index in [9.17, 15) is 0 Å². The predicted octanol–water partition coefficient (Wildman–Crippen LogP) is 3.00. The number of benzene rings is 1. The minimum absolute atomic E-state index is 0.144. The molecule has 1 N–H and O–H groups in total. The highest BCUT2D eigenvalue weighted by Gasteiger charge is 2.33. The number of pyridine rings is 1. The third-order valence-corrected chi connectivity index (χ3v) is 6.26. The van der Waals surface area contributed by atoms with Crippen molar-refractivity contribution >= 4 is 0 Å². The fourth-order valence-electron chi connectivity index (χ4n) is 4.76. The van der Waals surface area contributed by atoms with Crippen molar-refractivity contribution in [2.75, 3.05) is 20.3 Å². The Morgan fingerprint density at radius 1 is 0.969 bits per heavy atom. The van der Waals surface area contributed by atoms with E-state index >= 15 is 0 Å². The summed E-state index contributed by atoms with van der Waals surface area (Å²) < 4.78 is 23.1. The zero-order valence-electron chi connectivity index (χ0n) is 17.8. The van der Waals surface area contributed by atoms with Gasteiger partial charge in [0, 0.05) is 48.2 Å². The molecule has 2 aromatic heterocycles. The van der Waals surface area contributed by atoms with Gasteiger partial charge in [0.25, 0.3) is 0 Å². The van der Waals surface area contributed by atoms with Crippen molar-refractivity contribution in [3.63, 3.8) is 0 Å². The molecule has 0 aliphatic carbocycles. The number of morpholine rings is 1. The highest BCUT2D eigenvalue weighted by atomic mass is 16.5. The third-order valence-electron chi connectivity index (χ3n) is 6.26. The lowest BCUT2D eigenvalue weighted by Crippen LogP contribution is -2.56. The summed E-state index contributed by atoms with van der Waals surface area (Å²) in [5, 5.41) is 11.5. The van der Waals surface area contributed by atoms with Crippen LogP contribution in [-0.4, -0.2) is 53.7 Å². The summed E-state index contributed by atoms with van der Waals surface area (Å²) in [6.07, 6.45) is 3.73. The van der Waals surface area contributed by atoms with Crippen LogP contribution in [0.2, 0.25) is 0 Å². The van der Waals surface area contributed by atoms with E-state index in [0.29, 0.717) is 36.3 Å². The second-order valence-electron chi connectivity index (χ2n) is 8.46. The number of aromatic nitrogens is 3. The molecule has 8 heteroatoms. The van der Waals surface area contributed by atoms with Gasteiger partial charge in [0.2, 0.25) is 17.6 Å². The van der Waals surface area contributed by atoms with E-state index in [1.165, 1.54) is 0 Å². The molecule has 164 valence electrons. The van der Waals surface area contributed by atoms with Gasteiger partial charge in [0.1, 0.15) is 12.7 Å². The Morgan fingerprint density at radius 2 is 1.81 bits per heavy atom. The fraction of sp³-hybridized carbons (Fsp3) is 0.375. The van der Waals surface area contributed by atoms with Crippen LogP contribution < -0.4 is 19.5 Å². The van der Waals surface area contributed by atoms with Crippen LogP contribution in [0.3, 0.4) is 0 Å². The van der Waals surface area contributed by atoms with Gasteiger partial charge < -0.3 is 24.3 Å². The standard InChI is InChI=1S/C24H24N4O4/c1-29-23-7-15(10-25-28-23)14-2-3-20-16(6-14)11-31-24-21(20)4-5-22(27-24)32-19-8-17-12-30-13-18(9-19)26-17/h2-7,10,17-19,26H,8-9,11-13H2,1H3. The number of piperidine rings is 1. The van der Waals surface area contributed by atoms with Crippen molar-refractivity contribution in [2.24, 2.45) is 0 Å². The molecule has 2 atom stereocenters. The molecule has 6 rings (SSSR count). The Bertz CT molecular complexity index is 1140. The normalized spacial score (nSPS) is 23.5. The van der Waals surface area contributed by atoms with Crippen molar-refractivity contribution in [3.8, 4) is 39.9 Å². The van der Waals surface area contributed by atoms with Crippen LogP contribution in [0.5, 0.6) is 17.6 Å². The maximum absolute atomic E-state index is 6.23. The van der Waals surface area contributed by atoms with Gasteiger partial charge >= 0.3 is 0 Å². The van der Waals surface area contributed by atoms with Crippen LogP contribution in [0.4, 0.5) is 0 Å². The van der Waals surface area contributed by atoms with Gasteiger partial charge in [-0.2, -0.15) is 10.1 Å². The zero-order chi connectivity index (χ0) is 21.5. The average Bonchev–Trinajstić information content (AvgIpc) is 2.83. The van der Waals surface area contributed by atoms with Crippen molar-refractivity contribution in [1.29, 1.82) is 0 Å². The van der Waals surface area contributed by atoms with E-state index < -0.39 is 0 Å². The molecule has 2 unspecified atom stereocenters. The molecule has 3 aliphatic rings. The Labute approximate surface area is 185 Å². The number of fused-ring (bicyclic) bond motifs is 5. The van der Waals surface area contributed by atoms with Crippen molar-refractivity contribution < 1.29 is 18.9 Å². The number of nitrogens with zero attached hydrogens (tertiary/aromatic N) is 3. The van der Waals surface area contributed by atoms with Crippen molar-refractivity contribution in [1.82, 2.24) is 20.5 Å². The summed E-state index contributed by atoms with van der Waals surface area (Å²) in [6, 6.07) is 12.9. The number of ether oxygens (including phenoxy) is 4. The summed E-state index contributed by atoms with van der Waals surface area (Å²) in [7, 11) is 1.58. The van der Waals surface area contributed by atoms with Crippen LogP contribution in [0.15, 0.2) is 42.6 Å². The van der Waals surface area contributed by atoms with Gasteiger partial charge in [0.15, 0.2) is 0 Å². The molecule has 3 aliphatic heterocycles. The molecule has 2 bridgehead atoms. The summed E-state index contributed by atoms with van der Waals surface area (Å²) in [5.41, 5.74) is 5.19. The number of hydrogen-bond donors (Lipinski definition) is 1. The molecule has 0 radical (unpaired) electrons. The Kier molecular flexibility index (Phi) is 4.88. The van der Waals surface area contributed by atoms with Crippen LogP contribution in [-0.2, 0) is 11.3 Å². The van der Waals surface area contributed by atoms with Crippen LogP contribution in [0, 0.1) is 0 Å². The van der Waals surface area contributed by atoms with Crippen molar-refractivity contribution in [2.45, 2.75) is 37.6 Å². The van der Waals surface area contributed by atoms with Crippen LogP contribution in [0.25, 0.3) is 22.3 Å². The molecule has 32 heavy (non-hydrogen) atoms. The fourth-order valence-corrected chi connectivity index (χ4v) is 4.76. The van der Waals surface area contributed by atoms with E-state index in [1.807, 2.05) is 18.2 Å². The highest BCUT2D eigenvalue weighted by Crippen LogP contribution is 2.39. The van der Waals surface area contributed by atoms with E-state index in [0.717, 1.165) is 53.9 Å². The Hall–Kier alpha value is -3.23. The van der Waals surface area contributed by atoms with Gasteiger partial charge in [0.05, 0.1) is 26.5 Å². The molecule has 2 fully saturated rings.